The van der Waals surface area contributed by atoms with Crippen LogP contribution in [0, 0.1) is 5.82 Å². The molecular formula is C19H21F2N3O5. The van der Waals surface area contributed by atoms with Crippen molar-refractivity contribution in [1.82, 2.24) is 10.2 Å². The van der Waals surface area contributed by atoms with Gasteiger partial charge in [0.15, 0.2) is 17.8 Å². The highest BCUT2D eigenvalue weighted by Gasteiger charge is 2.43. The van der Waals surface area contributed by atoms with Crippen LogP contribution in [0.3, 0.4) is 0 Å². The Kier molecular flexibility index (Phi) is 4.78. The highest BCUT2D eigenvalue weighted by Crippen LogP contribution is 2.37. The van der Waals surface area contributed by atoms with Crippen molar-refractivity contribution in [3.63, 3.8) is 0 Å². The molecule has 29 heavy (non-hydrogen) atoms. The number of anilines is 1. The van der Waals surface area contributed by atoms with Crippen molar-refractivity contribution in [1.29, 1.82) is 0 Å². The number of carbonyl (C=O) groups is 3. The molecule has 0 aromatic heterocycles. The van der Waals surface area contributed by atoms with E-state index in [0.29, 0.717) is 0 Å². The number of halogens is 2. The molecule has 0 radical (unpaired) electrons. The summed E-state index contributed by atoms with van der Waals surface area (Å²) in [6.07, 6.45) is -2.12. The molecule has 1 aromatic rings. The average molecular weight is 409 g/mol. The van der Waals surface area contributed by atoms with Crippen molar-refractivity contribution in [2.24, 2.45) is 0 Å². The van der Waals surface area contributed by atoms with Crippen LogP contribution in [0.25, 0.3) is 0 Å². The number of imide groups is 1. The van der Waals surface area contributed by atoms with E-state index in [9.17, 15) is 29.0 Å². The number of carbonyl (C=O) groups excluding carboxylic acids is 3. The zero-order chi connectivity index (χ0) is 20.9. The molecule has 2 fully saturated rings. The molecule has 3 aliphatic heterocycles. The van der Waals surface area contributed by atoms with E-state index in [0.717, 1.165) is 0 Å². The minimum Gasteiger partial charge on any atom is -0.369 e. The Hall–Kier alpha value is -2.59. The molecule has 2 saturated heterocycles. The number of hydrogen-bond acceptors (Lipinski definition) is 6. The number of rotatable bonds is 3. The number of aliphatic hydroxyl groups is 2. The van der Waals surface area contributed by atoms with Gasteiger partial charge < -0.3 is 20.0 Å². The van der Waals surface area contributed by atoms with Gasteiger partial charge in [0, 0.05) is 43.5 Å². The van der Waals surface area contributed by atoms with Gasteiger partial charge in [0.2, 0.25) is 11.8 Å². The molecule has 8 nitrogen and oxygen atoms in total. The van der Waals surface area contributed by atoms with Crippen LogP contribution in [0.2, 0.25) is 0 Å². The third-order valence-electron chi connectivity index (χ3n) is 6.03. The molecule has 3 aliphatic rings. The predicted octanol–water partition coefficient (Wildman–Crippen LogP) is 0.206. The van der Waals surface area contributed by atoms with E-state index in [1.165, 1.54) is 17.0 Å². The molecule has 3 N–H and O–H groups in total. The molecule has 1 aromatic carbocycles. The lowest BCUT2D eigenvalue weighted by atomic mass is 9.92. The molecular weight excluding hydrogens is 388 g/mol. The van der Waals surface area contributed by atoms with Gasteiger partial charge in [-0.05, 0) is 18.6 Å². The highest BCUT2D eigenvalue weighted by atomic mass is 19.1. The van der Waals surface area contributed by atoms with Gasteiger partial charge in [-0.3, -0.25) is 19.7 Å². The van der Waals surface area contributed by atoms with Gasteiger partial charge in [0.25, 0.3) is 5.91 Å². The molecule has 10 heteroatoms. The van der Waals surface area contributed by atoms with Crippen LogP contribution in [-0.2, 0) is 16.1 Å². The molecule has 3 amide bonds. The Morgan fingerprint density at radius 1 is 1.17 bits per heavy atom. The maximum absolute atomic E-state index is 15.2. The van der Waals surface area contributed by atoms with Gasteiger partial charge in [-0.25, -0.2) is 8.78 Å². The standard InChI is InChI=1S/C19H21F2N3O5/c20-15-11-9-24(13-3-4-14(25)22-16(13)26)17(27)10(11)1-2-12(15)23-7-5-19(21,6-8-23)18(28)29/h1-2,13,18,28-29H,3-9H2,(H,22,25,26). The molecule has 156 valence electrons. The maximum Gasteiger partial charge on any atom is 0.255 e. The summed E-state index contributed by atoms with van der Waals surface area (Å²) >= 11 is 0. The second-order valence-electron chi connectivity index (χ2n) is 7.72. The first kappa shape index (κ1) is 19.7. The second-order valence-corrected chi connectivity index (χ2v) is 7.72. The Morgan fingerprint density at radius 2 is 1.86 bits per heavy atom. The van der Waals surface area contributed by atoms with E-state index in [1.54, 1.807) is 4.90 Å². The maximum atomic E-state index is 15.2. The fourth-order valence-electron chi connectivity index (χ4n) is 4.21. The van der Waals surface area contributed by atoms with Crippen LogP contribution in [-0.4, -0.2) is 63.9 Å². The first-order valence-corrected chi connectivity index (χ1v) is 9.47. The number of alkyl halides is 1. The zero-order valence-electron chi connectivity index (χ0n) is 15.5. The third kappa shape index (κ3) is 3.25. The number of nitrogens with zero attached hydrogens (tertiary/aromatic N) is 2. The van der Waals surface area contributed by atoms with Gasteiger partial charge in [-0.2, -0.15) is 0 Å². The van der Waals surface area contributed by atoms with Crippen LogP contribution in [0.15, 0.2) is 12.1 Å². The summed E-state index contributed by atoms with van der Waals surface area (Å²) in [4.78, 5) is 39.0. The smallest absolute Gasteiger partial charge is 0.255 e. The molecule has 0 saturated carbocycles. The summed E-state index contributed by atoms with van der Waals surface area (Å²) in [7, 11) is 0. The van der Waals surface area contributed by atoms with Gasteiger partial charge in [0.1, 0.15) is 6.04 Å². The normalized spacial score (nSPS) is 24.2. The fourth-order valence-corrected chi connectivity index (χ4v) is 4.21. The Morgan fingerprint density at radius 3 is 2.48 bits per heavy atom. The monoisotopic (exact) mass is 409 g/mol. The quantitative estimate of drug-likeness (QED) is 0.486. The van der Waals surface area contributed by atoms with Crippen LogP contribution in [0.1, 0.15) is 41.6 Å². The number of benzene rings is 1. The SMILES string of the molecule is O=C1CCC(N2Cc3c(ccc(N4CCC(F)(C(O)O)CC4)c3F)C2=O)C(=O)N1. The van der Waals surface area contributed by atoms with E-state index in [1.807, 2.05) is 0 Å². The number of amides is 3. The summed E-state index contributed by atoms with van der Waals surface area (Å²) in [5, 5.41) is 20.6. The lowest BCUT2D eigenvalue weighted by molar-refractivity contribution is -0.154. The van der Waals surface area contributed by atoms with Crippen molar-refractivity contribution in [3.05, 3.63) is 29.1 Å². The number of piperidine rings is 2. The Bertz CT molecular complexity index is 883. The fraction of sp³-hybridized carbons (Fsp3) is 0.526. The van der Waals surface area contributed by atoms with Crippen molar-refractivity contribution in [2.45, 2.75) is 50.2 Å². The number of fused-ring (bicyclic) bond motifs is 1. The topological polar surface area (TPSA) is 110 Å². The van der Waals surface area contributed by atoms with Gasteiger partial charge >= 0.3 is 0 Å². The number of aliphatic hydroxyl groups excluding tert-OH is 1. The van der Waals surface area contributed by atoms with E-state index >= 15 is 4.39 Å². The first-order valence-electron chi connectivity index (χ1n) is 9.47. The number of nitrogens with one attached hydrogen (secondary N) is 1. The first-order chi connectivity index (χ1) is 13.7. The molecule has 4 rings (SSSR count). The van der Waals surface area contributed by atoms with Crippen LogP contribution >= 0.6 is 0 Å². The zero-order valence-corrected chi connectivity index (χ0v) is 15.5. The summed E-state index contributed by atoms with van der Waals surface area (Å²) in [5.41, 5.74) is -1.59. The van der Waals surface area contributed by atoms with Crippen molar-refractivity contribution < 1.29 is 33.4 Å². The molecule has 0 spiro atoms. The van der Waals surface area contributed by atoms with E-state index in [4.69, 9.17) is 0 Å². The largest absolute Gasteiger partial charge is 0.369 e. The average Bonchev–Trinajstić information content (AvgIpc) is 3.00. The van der Waals surface area contributed by atoms with Gasteiger partial charge in [-0.15, -0.1) is 0 Å². The summed E-state index contributed by atoms with van der Waals surface area (Å²) < 4.78 is 29.6. The summed E-state index contributed by atoms with van der Waals surface area (Å²) in [6.45, 7) is 0.0968. The van der Waals surface area contributed by atoms with Crippen molar-refractivity contribution in [3.8, 4) is 0 Å². The Balaban J connectivity index is 1.55. The van der Waals surface area contributed by atoms with E-state index in [-0.39, 0.29) is 62.1 Å². The van der Waals surface area contributed by atoms with Gasteiger partial charge in [0.05, 0.1) is 12.2 Å². The van der Waals surface area contributed by atoms with Crippen LogP contribution in [0.5, 0.6) is 0 Å². The highest BCUT2D eigenvalue weighted by molar-refractivity contribution is 6.05. The Labute approximate surface area is 165 Å². The molecule has 1 atom stereocenters. The second kappa shape index (κ2) is 7.03. The molecule has 3 heterocycles. The molecule has 0 bridgehead atoms. The summed E-state index contributed by atoms with van der Waals surface area (Å²) in [6, 6.07) is 2.10. The van der Waals surface area contributed by atoms with Gasteiger partial charge in [-0.1, -0.05) is 0 Å². The molecule has 0 aliphatic carbocycles. The van der Waals surface area contributed by atoms with Crippen molar-refractivity contribution >= 4 is 23.4 Å². The predicted molar refractivity (Wildman–Crippen MR) is 96.0 cm³/mol. The number of hydrogen-bond donors (Lipinski definition) is 3. The van der Waals surface area contributed by atoms with Crippen LogP contribution in [0.4, 0.5) is 14.5 Å². The lowest BCUT2D eigenvalue weighted by Crippen LogP contribution is -2.52. The lowest BCUT2D eigenvalue weighted by Gasteiger charge is -2.38. The third-order valence-corrected chi connectivity index (χ3v) is 6.03. The minimum absolute atomic E-state index is 0.0869. The van der Waals surface area contributed by atoms with E-state index < -0.39 is 41.5 Å². The molecule has 1 unspecified atom stereocenters. The summed E-state index contributed by atoms with van der Waals surface area (Å²) in [5.74, 6) is -2.04. The van der Waals surface area contributed by atoms with Crippen LogP contribution < -0.4 is 10.2 Å². The van der Waals surface area contributed by atoms with E-state index in [2.05, 4.69) is 5.32 Å². The van der Waals surface area contributed by atoms with Crippen molar-refractivity contribution in [2.75, 3.05) is 18.0 Å². The minimum atomic E-state index is -2.12.